The Morgan fingerprint density at radius 3 is 2.32 bits per heavy atom. The molecule has 0 aliphatic heterocycles. The number of amides is 1. The summed E-state index contributed by atoms with van der Waals surface area (Å²) in [6.45, 7) is 1.88. The zero-order valence-corrected chi connectivity index (χ0v) is 15.7. The van der Waals surface area contributed by atoms with Crippen molar-refractivity contribution in [3.63, 3.8) is 0 Å². The second-order valence-electron chi connectivity index (χ2n) is 6.15. The number of rotatable bonds is 8. The zero-order valence-electron chi connectivity index (χ0n) is 14.1. The lowest BCUT2D eigenvalue weighted by molar-refractivity contribution is -0.119. The maximum Gasteiger partial charge on any atom is 0.235 e. The van der Waals surface area contributed by atoms with E-state index in [-0.39, 0.29) is 11.8 Å². The lowest BCUT2D eigenvalue weighted by atomic mass is 10.1. The van der Waals surface area contributed by atoms with Gasteiger partial charge in [-0.25, -0.2) is 8.42 Å². The molecule has 0 aliphatic rings. The van der Waals surface area contributed by atoms with E-state index in [0.717, 1.165) is 12.8 Å². The summed E-state index contributed by atoms with van der Waals surface area (Å²) in [6.07, 6.45) is 1.59. The van der Waals surface area contributed by atoms with Crippen molar-refractivity contribution in [2.45, 2.75) is 31.6 Å². The number of halogens is 1. The molecule has 25 heavy (non-hydrogen) atoms. The quantitative estimate of drug-likeness (QED) is 0.764. The highest BCUT2D eigenvalue weighted by atomic mass is 35.5. The molecule has 2 aromatic rings. The molecule has 0 radical (unpaired) electrons. The summed E-state index contributed by atoms with van der Waals surface area (Å²) >= 11 is 5.78. The number of sulfone groups is 1. The van der Waals surface area contributed by atoms with Gasteiger partial charge in [0.05, 0.1) is 5.75 Å². The first-order chi connectivity index (χ1) is 11.8. The first-order valence-corrected chi connectivity index (χ1v) is 10.3. The third-order valence-electron chi connectivity index (χ3n) is 3.77. The van der Waals surface area contributed by atoms with Gasteiger partial charge in [-0.05, 0) is 43.0 Å². The summed E-state index contributed by atoms with van der Waals surface area (Å²) in [5, 5.41) is 3.31. The molecule has 2 aromatic carbocycles. The van der Waals surface area contributed by atoms with E-state index in [1.165, 1.54) is 5.56 Å². The van der Waals surface area contributed by atoms with Gasteiger partial charge in [0.1, 0.15) is 5.75 Å². The molecule has 0 aromatic heterocycles. The van der Waals surface area contributed by atoms with E-state index in [9.17, 15) is 13.2 Å². The third kappa shape index (κ3) is 7.28. The number of carbonyl (C=O) groups is 1. The Hall–Kier alpha value is -1.85. The van der Waals surface area contributed by atoms with Gasteiger partial charge in [-0.2, -0.15) is 0 Å². The van der Waals surface area contributed by atoms with Gasteiger partial charge in [-0.1, -0.05) is 54.1 Å². The van der Waals surface area contributed by atoms with Gasteiger partial charge in [0.15, 0.2) is 9.84 Å². The van der Waals surface area contributed by atoms with Gasteiger partial charge < -0.3 is 5.32 Å². The average molecular weight is 380 g/mol. The molecule has 2 rings (SSSR count). The fourth-order valence-corrected chi connectivity index (χ4v) is 3.91. The number of hydrogen-bond donors (Lipinski definition) is 1. The normalized spacial score (nSPS) is 12.6. The van der Waals surface area contributed by atoms with Crippen molar-refractivity contribution in [2.75, 3.05) is 5.75 Å². The minimum absolute atomic E-state index is 0.0848. The summed E-state index contributed by atoms with van der Waals surface area (Å²) in [5.41, 5.74) is 1.81. The Morgan fingerprint density at radius 1 is 1.04 bits per heavy atom. The molecule has 0 heterocycles. The number of nitrogens with one attached hydrogen (secondary N) is 1. The van der Waals surface area contributed by atoms with E-state index >= 15 is 0 Å². The molecule has 4 nitrogen and oxygen atoms in total. The Balaban J connectivity index is 1.80. The van der Waals surface area contributed by atoms with Gasteiger partial charge >= 0.3 is 0 Å². The summed E-state index contributed by atoms with van der Waals surface area (Å²) in [6, 6.07) is 16.5. The monoisotopic (exact) mass is 379 g/mol. The molecule has 0 fully saturated rings. The second kappa shape index (κ2) is 9.02. The van der Waals surface area contributed by atoms with Crippen molar-refractivity contribution in [1.82, 2.24) is 5.32 Å². The molecular weight excluding hydrogens is 358 g/mol. The van der Waals surface area contributed by atoms with Crippen molar-refractivity contribution >= 4 is 27.3 Å². The SMILES string of the molecule is CC(CCc1ccccc1)NC(=O)CS(=O)(=O)Cc1ccc(Cl)cc1. The molecule has 1 N–H and O–H groups in total. The average Bonchev–Trinajstić information content (AvgIpc) is 2.55. The van der Waals surface area contributed by atoms with Crippen LogP contribution in [0.4, 0.5) is 0 Å². The molecule has 0 saturated heterocycles. The van der Waals surface area contributed by atoms with E-state index in [4.69, 9.17) is 11.6 Å². The van der Waals surface area contributed by atoms with Gasteiger partial charge in [0.25, 0.3) is 0 Å². The highest BCUT2D eigenvalue weighted by Gasteiger charge is 2.18. The Labute approximate surface area is 154 Å². The highest BCUT2D eigenvalue weighted by molar-refractivity contribution is 7.91. The molecule has 1 unspecified atom stereocenters. The van der Waals surface area contributed by atoms with Crippen molar-refractivity contribution < 1.29 is 13.2 Å². The molecule has 0 saturated carbocycles. The third-order valence-corrected chi connectivity index (χ3v) is 5.49. The molecule has 134 valence electrons. The Morgan fingerprint density at radius 2 is 1.68 bits per heavy atom. The van der Waals surface area contributed by atoms with Crippen LogP contribution in [0.25, 0.3) is 0 Å². The van der Waals surface area contributed by atoms with Gasteiger partial charge in [-0.15, -0.1) is 0 Å². The van der Waals surface area contributed by atoms with Gasteiger partial charge in [0.2, 0.25) is 5.91 Å². The number of hydrogen-bond acceptors (Lipinski definition) is 3. The van der Waals surface area contributed by atoms with Crippen molar-refractivity contribution in [1.29, 1.82) is 0 Å². The minimum Gasteiger partial charge on any atom is -0.353 e. The van der Waals surface area contributed by atoms with Crippen LogP contribution in [0.1, 0.15) is 24.5 Å². The van der Waals surface area contributed by atoms with Crippen LogP contribution >= 0.6 is 11.6 Å². The van der Waals surface area contributed by atoms with E-state index in [1.807, 2.05) is 37.3 Å². The van der Waals surface area contributed by atoms with Crippen molar-refractivity contribution in [2.24, 2.45) is 0 Å². The minimum atomic E-state index is -3.51. The molecule has 1 amide bonds. The van der Waals surface area contributed by atoms with E-state index in [1.54, 1.807) is 24.3 Å². The largest absolute Gasteiger partial charge is 0.353 e. The van der Waals surface area contributed by atoms with E-state index < -0.39 is 21.5 Å². The predicted octanol–water partition coefficient (Wildman–Crippen LogP) is 3.39. The van der Waals surface area contributed by atoms with E-state index in [2.05, 4.69) is 5.32 Å². The standard InChI is InChI=1S/C19H22ClNO3S/c1-15(7-8-16-5-3-2-4-6-16)21-19(22)14-25(23,24)13-17-9-11-18(20)12-10-17/h2-6,9-12,15H,7-8,13-14H2,1H3,(H,21,22). The van der Waals surface area contributed by atoms with Crippen LogP contribution in [0.2, 0.25) is 5.02 Å². The Bertz CT molecular complexity index is 789. The smallest absolute Gasteiger partial charge is 0.235 e. The van der Waals surface area contributed by atoms with Crippen LogP contribution in [0.15, 0.2) is 54.6 Å². The van der Waals surface area contributed by atoms with Crippen LogP contribution in [0, 0.1) is 0 Å². The summed E-state index contributed by atoms with van der Waals surface area (Å²) in [7, 11) is -3.51. The fourth-order valence-electron chi connectivity index (χ4n) is 2.50. The second-order valence-corrected chi connectivity index (χ2v) is 8.65. The van der Waals surface area contributed by atoms with Crippen LogP contribution in [0.3, 0.4) is 0 Å². The maximum atomic E-state index is 12.2. The fraction of sp³-hybridized carbons (Fsp3) is 0.316. The van der Waals surface area contributed by atoms with E-state index in [0.29, 0.717) is 10.6 Å². The number of benzene rings is 2. The first kappa shape index (κ1) is 19.5. The zero-order chi connectivity index (χ0) is 18.3. The Kier molecular flexibility index (Phi) is 7.02. The van der Waals surface area contributed by atoms with Crippen LogP contribution in [-0.2, 0) is 26.8 Å². The van der Waals surface area contributed by atoms with Crippen LogP contribution in [0.5, 0.6) is 0 Å². The highest BCUT2D eigenvalue weighted by Crippen LogP contribution is 2.12. The molecular formula is C19H22ClNO3S. The molecule has 0 spiro atoms. The van der Waals surface area contributed by atoms with Gasteiger partial charge in [-0.3, -0.25) is 4.79 Å². The lowest BCUT2D eigenvalue weighted by Gasteiger charge is -2.14. The van der Waals surface area contributed by atoms with Crippen LogP contribution < -0.4 is 5.32 Å². The predicted molar refractivity (Wildman–Crippen MR) is 101 cm³/mol. The number of carbonyl (C=O) groups excluding carboxylic acids is 1. The maximum absolute atomic E-state index is 12.2. The first-order valence-electron chi connectivity index (χ1n) is 8.12. The topological polar surface area (TPSA) is 63.2 Å². The summed E-state index contributed by atoms with van der Waals surface area (Å²) in [4.78, 5) is 12.0. The molecule has 1 atom stereocenters. The lowest BCUT2D eigenvalue weighted by Crippen LogP contribution is -2.37. The summed E-state index contributed by atoms with van der Waals surface area (Å²) < 4.78 is 24.3. The summed E-state index contributed by atoms with van der Waals surface area (Å²) in [5.74, 6) is -1.14. The van der Waals surface area contributed by atoms with Crippen molar-refractivity contribution in [3.05, 3.63) is 70.7 Å². The van der Waals surface area contributed by atoms with Crippen molar-refractivity contribution in [3.8, 4) is 0 Å². The molecule has 0 bridgehead atoms. The molecule has 6 heteroatoms. The molecule has 0 aliphatic carbocycles. The van der Waals surface area contributed by atoms with Gasteiger partial charge in [0, 0.05) is 11.1 Å². The number of aryl methyl sites for hydroxylation is 1. The van der Waals surface area contributed by atoms with Crippen LogP contribution in [-0.4, -0.2) is 26.1 Å².